The van der Waals surface area contributed by atoms with E-state index in [1.165, 1.54) is 0 Å². The lowest BCUT2D eigenvalue weighted by atomic mass is 10.1. The fourth-order valence-corrected chi connectivity index (χ4v) is 5.98. The van der Waals surface area contributed by atoms with Gasteiger partial charge in [-0.1, -0.05) is 74.5 Å². The Morgan fingerprint density at radius 2 is 0.913 bits per heavy atom. The van der Waals surface area contributed by atoms with Gasteiger partial charge < -0.3 is 30.0 Å². The lowest BCUT2D eigenvalue weighted by Crippen LogP contribution is -2.50. The molecule has 2 saturated carbocycles. The van der Waals surface area contributed by atoms with E-state index in [4.69, 9.17) is 14.2 Å². The summed E-state index contributed by atoms with van der Waals surface area (Å²) in [7, 11) is 0. The number of nitrogens with one attached hydrogen (secondary N) is 2. The number of carboxylic acid groups (broad SMARTS) is 1. The minimum atomic E-state index is -1.29. The number of esters is 1. The van der Waals surface area contributed by atoms with Crippen LogP contribution in [-0.4, -0.2) is 57.1 Å². The van der Waals surface area contributed by atoms with Crippen LogP contribution < -0.4 is 10.6 Å². The van der Waals surface area contributed by atoms with Gasteiger partial charge in [-0.25, -0.2) is 19.2 Å². The van der Waals surface area contributed by atoms with E-state index in [1.807, 2.05) is 95.3 Å². The number of benzene rings is 2. The van der Waals surface area contributed by atoms with E-state index in [1.54, 1.807) is 41.5 Å². The summed E-state index contributed by atoms with van der Waals surface area (Å²) < 4.78 is 16.2. The number of hydrogen-bond donors (Lipinski definition) is 3. The van der Waals surface area contributed by atoms with Crippen LogP contribution in [-0.2, 0) is 23.8 Å². The first kappa shape index (κ1) is 36.4. The molecular weight excluding hydrogens is 588 g/mol. The van der Waals surface area contributed by atoms with Crippen molar-refractivity contribution in [2.75, 3.05) is 0 Å². The van der Waals surface area contributed by atoms with Crippen molar-refractivity contribution >= 4 is 24.1 Å². The lowest BCUT2D eigenvalue weighted by molar-refractivity contribution is -0.159. The molecule has 0 aromatic heterocycles. The van der Waals surface area contributed by atoms with Crippen molar-refractivity contribution in [1.29, 1.82) is 0 Å². The van der Waals surface area contributed by atoms with E-state index in [2.05, 4.69) is 10.6 Å². The molecule has 0 bridgehead atoms. The van der Waals surface area contributed by atoms with E-state index in [0.29, 0.717) is 0 Å². The van der Waals surface area contributed by atoms with Crippen LogP contribution in [0.25, 0.3) is 0 Å². The molecule has 2 aliphatic carbocycles. The third-order valence-corrected chi connectivity index (χ3v) is 8.02. The highest BCUT2D eigenvalue weighted by Crippen LogP contribution is 2.59. The fourth-order valence-electron chi connectivity index (χ4n) is 5.98. The van der Waals surface area contributed by atoms with E-state index < -0.39 is 52.0 Å². The summed E-state index contributed by atoms with van der Waals surface area (Å²) in [4.78, 5) is 49.0. The molecule has 3 N–H and O–H groups in total. The quantitative estimate of drug-likeness (QED) is 0.232. The molecule has 10 heteroatoms. The number of carboxylic acids is 1. The van der Waals surface area contributed by atoms with Crippen LogP contribution in [0.2, 0.25) is 0 Å². The molecule has 2 fully saturated rings. The summed E-state index contributed by atoms with van der Waals surface area (Å²) in [6.07, 6.45) is -1.31. The molecule has 10 nitrogen and oxygen atoms in total. The molecular formula is C36H50N2O8. The minimum absolute atomic E-state index is 0.0859. The smallest absolute Gasteiger partial charge is 0.408 e. The molecule has 2 aromatic carbocycles. The predicted octanol–water partition coefficient (Wildman–Crippen LogP) is 6.79. The van der Waals surface area contributed by atoms with Crippen LogP contribution in [0.4, 0.5) is 9.59 Å². The average Bonchev–Trinajstić information content (AvgIpc) is 3.71. The topological polar surface area (TPSA) is 140 Å². The zero-order chi connectivity index (χ0) is 34.9. The van der Waals surface area contributed by atoms with Crippen molar-refractivity contribution in [3.63, 3.8) is 0 Å². The van der Waals surface area contributed by atoms with Gasteiger partial charge in [0.2, 0.25) is 0 Å². The molecule has 46 heavy (non-hydrogen) atoms. The SMILES string of the molecule is C[C@H]1C(c2ccccc2)[C@]1(NC(=O)OC(C)(C)C)C(=O)O.C[C@H]1C(c2ccccc2)[C@]1(NC(=O)OC(C)(C)C)C(=O)OC(C)(C)C. The monoisotopic (exact) mass is 638 g/mol. The average molecular weight is 639 g/mol. The lowest BCUT2D eigenvalue weighted by Gasteiger charge is -2.27. The zero-order valence-electron chi connectivity index (χ0n) is 28.9. The number of alkyl carbamates (subject to hydrolysis) is 2. The molecule has 0 heterocycles. The Morgan fingerprint density at radius 3 is 1.26 bits per heavy atom. The van der Waals surface area contributed by atoms with Crippen LogP contribution >= 0.6 is 0 Å². The highest BCUT2D eigenvalue weighted by Gasteiger charge is 2.71. The molecule has 4 rings (SSSR count). The van der Waals surface area contributed by atoms with Crippen LogP contribution in [0.1, 0.15) is 99.1 Å². The van der Waals surface area contributed by atoms with E-state index in [9.17, 15) is 24.3 Å². The maximum atomic E-state index is 12.9. The molecule has 2 aliphatic rings. The summed E-state index contributed by atoms with van der Waals surface area (Å²) in [5, 5.41) is 15.0. The molecule has 0 radical (unpaired) electrons. The Balaban J connectivity index is 0.000000254. The van der Waals surface area contributed by atoms with E-state index >= 15 is 0 Å². The molecule has 0 aliphatic heterocycles. The van der Waals surface area contributed by atoms with Gasteiger partial charge in [0.25, 0.3) is 0 Å². The second-order valence-electron chi connectivity index (χ2n) is 15.2. The van der Waals surface area contributed by atoms with Crippen molar-refractivity contribution in [1.82, 2.24) is 10.6 Å². The zero-order valence-corrected chi connectivity index (χ0v) is 28.9. The van der Waals surface area contributed by atoms with Crippen molar-refractivity contribution in [3.05, 3.63) is 71.8 Å². The third kappa shape index (κ3) is 8.39. The number of carbonyl (C=O) groups excluding carboxylic acids is 3. The Hall–Kier alpha value is -4.08. The highest BCUT2D eigenvalue weighted by molar-refractivity contribution is 5.92. The van der Waals surface area contributed by atoms with Crippen molar-refractivity contribution in [3.8, 4) is 0 Å². The third-order valence-electron chi connectivity index (χ3n) is 8.02. The Kier molecular flexibility index (Phi) is 10.3. The number of amides is 2. The van der Waals surface area contributed by atoms with Crippen LogP contribution in [0.5, 0.6) is 0 Å². The summed E-state index contributed by atoms with van der Waals surface area (Å²) in [6, 6.07) is 19.1. The molecule has 2 unspecified atom stereocenters. The van der Waals surface area contributed by atoms with Crippen LogP contribution in [0.3, 0.4) is 0 Å². The first-order chi connectivity index (χ1) is 21.0. The maximum absolute atomic E-state index is 12.9. The number of rotatable bonds is 6. The van der Waals surface area contributed by atoms with Gasteiger partial charge in [0.1, 0.15) is 16.8 Å². The van der Waals surface area contributed by atoms with Crippen LogP contribution in [0, 0.1) is 11.8 Å². The summed E-state index contributed by atoms with van der Waals surface area (Å²) in [5.74, 6) is -2.12. The van der Waals surface area contributed by atoms with Gasteiger partial charge in [-0.2, -0.15) is 0 Å². The molecule has 0 spiro atoms. The normalized spacial score (nSPS) is 26.8. The predicted molar refractivity (Wildman–Crippen MR) is 174 cm³/mol. The van der Waals surface area contributed by atoms with E-state index in [-0.39, 0.29) is 23.7 Å². The van der Waals surface area contributed by atoms with Gasteiger partial charge in [0, 0.05) is 23.7 Å². The number of hydrogen-bond acceptors (Lipinski definition) is 7. The van der Waals surface area contributed by atoms with Gasteiger partial charge in [0.15, 0.2) is 11.1 Å². The summed E-state index contributed by atoms with van der Waals surface area (Å²) in [5.41, 5.74) is -2.42. The second kappa shape index (κ2) is 13.0. The van der Waals surface area contributed by atoms with Gasteiger partial charge >= 0.3 is 24.1 Å². The fraction of sp³-hybridized carbons (Fsp3) is 0.556. The first-order valence-corrected chi connectivity index (χ1v) is 15.6. The number of carbonyl (C=O) groups is 4. The number of aliphatic carboxylic acids is 1. The molecule has 6 atom stereocenters. The summed E-state index contributed by atoms with van der Waals surface area (Å²) >= 11 is 0. The second-order valence-corrected chi connectivity index (χ2v) is 15.2. The number of ether oxygens (including phenoxy) is 3. The minimum Gasteiger partial charge on any atom is -0.479 e. The molecule has 2 aromatic rings. The molecule has 0 saturated heterocycles. The first-order valence-electron chi connectivity index (χ1n) is 15.6. The Labute approximate surface area is 272 Å². The van der Waals surface area contributed by atoms with Gasteiger partial charge in [-0.3, -0.25) is 0 Å². The standard InChI is InChI=1S/C20H29NO4.C16H21NO4/c1-13-15(14-11-9-8-10-12-14)20(13,16(22)24-18(2,3)4)21-17(23)25-19(5,6)7;1-10-12(11-8-6-5-7-9-11)16(10,13(18)19)17-14(20)21-15(2,3)4/h8-13,15H,1-7H3,(H,21,23);5-10,12H,1-4H3,(H,17,20)(H,18,19)/t13-,15?,20-;10-,12?,16-/m00/s1. The van der Waals surface area contributed by atoms with Crippen molar-refractivity contribution < 1.29 is 38.5 Å². The van der Waals surface area contributed by atoms with Crippen molar-refractivity contribution in [2.45, 2.75) is 116 Å². The maximum Gasteiger partial charge on any atom is 0.408 e. The Bertz CT molecular complexity index is 1410. The molecule has 2 amide bonds. The molecule has 252 valence electrons. The Morgan fingerprint density at radius 1 is 0.587 bits per heavy atom. The van der Waals surface area contributed by atoms with Crippen molar-refractivity contribution in [2.24, 2.45) is 11.8 Å². The largest absolute Gasteiger partial charge is 0.479 e. The summed E-state index contributed by atoms with van der Waals surface area (Å²) in [6.45, 7) is 19.8. The van der Waals surface area contributed by atoms with Gasteiger partial charge in [0.05, 0.1) is 0 Å². The van der Waals surface area contributed by atoms with E-state index in [0.717, 1.165) is 11.1 Å². The van der Waals surface area contributed by atoms with Crippen LogP contribution in [0.15, 0.2) is 60.7 Å². The van der Waals surface area contributed by atoms with Gasteiger partial charge in [-0.05, 0) is 73.4 Å². The van der Waals surface area contributed by atoms with Gasteiger partial charge in [-0.15, -0.1) is 0 Å². The highest BCUT2D eigenvalue weighted by atomic mass is 16.6.